The van der Waals surface area contributed by atoms with E-state index >= 15 is 0 Å². The van der Waals surface area contributed by atoms with Crippen LogP contribution >= 0.6 is 0 Å². The van der Waals surface area contributed by atoms with Crippen molar-refractivity contribution in [1.82, 2.24) is 25.1 Å². The van der Waals surface area contributed by atoms with Gasteiger partial charge in [-0.25, -0.2) is 9.97 Å². The summed E-state index contributed by atoms with van der Waals surface area (Å²) in [6, 6.07) is 5.70. The summed E-state index contributed by atoms with van der Waals surface area (Å²) in [7, 11) is 1.95. The number of pyridine rings is 1. The van der Waals surface area contributed by atoms with Crippen LogP contribution in [0.5, 0.6) is 0 Å². The van der Waals surface area contributed by atoms with Crippen LogP contribution in [-0.4, -0.2) is 32.1 Å². The molecule has 0 amide bonds. The first-order valence-corrected chi connectivity index (χ1v) is 7.94. The molecule has 0 aliphatic rings. The summed E-state index contributed by atoms with van der Waals surface area (Å²) in [6.07, 6.45) is 5.31. The first kappa shape index (κ1) is 16.0. The van der Waals surface area contributed by atoms with Gasteiger partial charge in [-0.1, -0.05) is 12.1 Å². The Bertz CT molecular complexity index is 802. The van der Waals surface area contributed by atoms with Crippen LogP contribution in [0.1, 0.15) is 30.8 Å². The molecule has 0 aromatic carbocycles. The number of aromatic nitrogens is 5. The van der Waals surface area contributed by atoms with Gasteiger partial charge >= 0.3 is 0 Å². The maximum atomic E-state index is 5.35. The molecular weight excluding hydrogens is 304 g/mol. The number of rotatable bonds is 6. The molecule has 3 rings (SSSR count). The molecule has 3 aromatic rings. The molecule has 3 aromatic heterocycles. The van der Waals surface area contributed by atoms with Gasteiger partial charge in [0, 0.05) is 43.2 Å². The van der Waals surface area contributed by atoms with Gasteiger partial charge in [0.1, 0.15) is 11.6 Å². The second kappa shape index (κ2) is 7.16. The van der Waals surface area contributed by atoms with E-state index in [0.717, 1.165) is 35.7 Å². The summed E-state index contributed by atoms with van der Waals surface area (Å²) in [4.78, 5) is 19.5. The van der Waals surface area contributed by atoms with E-state index in [9.17, 15) is 0 Å². The summed E-state index contributed by atoms with van der Waals surface area (Å²) in [6.45, 7) is 4.58. The molecule has 0 aliphatic carbocycles. The molecule has 0 bridgehead atoms. The smallest absolute Gasteiger partial charge is 0.246 e. The van der Waals surface area contributed by atoms with Crippen molar-refractivity contribution in [2.45, 2.75) is 33.2 Å². The summed E-state index contributed by atoms with van der Waals surface area (Å²) in [5.74, 6) is 2.79. The zero-order chi connectivity index (χ0) is 16.9. The van der Waals surface area contributed by atoms with Crippen LogP contribution in [0.4, 0.5) is 5.82 Å². The highest BCUT2D eigenvalue weighted by Crippen LogP contribution is 2.17. The van der Waals surface area contributed by atoms with Crippen LogP contribution in [0.2, 0.25) is 0 Å². The molecule has 0 unspecified atom stereocenters. The van der Waals surface area contributed by atoms with Crippen molar-refractivity contribution in [2.75, 3.05) is 11.9 Å². The van der Waals surface area contributed by atoms with Gasteiger partial charge in [-0.15, -0.1) is 0 Å². The van der Waals surface area contributed by atoms with Gasteiger partial charge in [-0.3, -0.25) is 4.98 Å². The highest BCUT2D eigenvalue weighted by molar-refractivity contribution is 5.52. The standard InChI is InChI=1S/C17H20N6O/c1-4-6-14-19-12(2)9-15(20-14)23(3)11-16-21-17(22-24-16)13-7-5-8-18-10-13/h5,7-10H,4,6,11H2,1-3H3. The third kappa shape index (κ3) is 3.73. The van der Waals surface area contributed by atoms with E-state index in [-0.39, 0.29) is 0 Å². The Hall–Kier alpha value is -2.83. The minimum atomic E-state index is 0.481. The molecule has 3 heterocycles. The Balaban J connectivity index is 1.75. The van der Waals surface area contributed by atoms with Gasteiger partial charge in [0.05, 0.1) is 6.54 Å². The third-order valence-corrected chi connectivity index (χ3v) is 3.51. The molecule has 0 atom stereocenters. The van der Waals surface area contributed by atoms with Crippen LogP contribution in [0.15, 0.2) is 35.1 Å². The zero-order valence-electron chi connectivity index (χ0n) is 14.1. The average Bonchev–Trinajstić information content (AvgIpc) is 3.04. The largest absolute Gasteiger partial charge is 0.350 e. The normalized spacial score (nSPS) is 10.8. The monoisotopic (exact) mass is 324 g/mol. The van der Waals surface area contributed by atoms with E-state index < -0.39 is 0 Å². The molecule has 0 N–H and O–H groups in total. The number of aryl methyl sites for hydroxylation is 2. The molecule has 124 valence electrons. The molecule has 0 saturated heterocycles. The molecule has 0 radical (unpaired) electrons. The van der Waals surface area contributed by atoms with Crippen LogP contribution in [0, 0.1) is 6.92 Å². The van der Waals surface area contributed by atoms with E-state index in [4.69, 9.17) is 4.52 Å². The van der Waals surface area contributed by atoms with E-state index in [2.05, 4.69) is 32.0 Å². The van der Waals surface area contributed by atoms with Crippen LogP contribution in [0.25, 0.3) is 11.4 Å². The Kier molecular flexibility index (Phi) is 4.79. The lowest BCUT2D eigenvalue weighted by Crippen LogP contribution is -2.19. The maximum Gasteiger partial charge on any atom is 0.246 e. The summed E-state index contributed by atoms with van der Waals surface area (Å²) in [5.41, 5.74) is 1.79. The molecule has 0 spiro atoms. The van der Waals surface area contributed by atoms with Gasteiger partial charge in [-0.2, -0.15) is 4.98 Å². The molecule has 24 heavy (non-hydrogen) atoms. The van der Waals surface area contributed by atoms with Gasteiger partial charge in [0.25, 0.3) is 0 Å². The van der Waals surface area contributed by atoms with Gasteiger partial charge in [0.15, 0.2) is 0 Å². The Morgan fingerprint density at radius 2 is 2.08 bits per heavy atom. The SMILES string of the molecule is CCCc1nc(C)cc(N(C)Cc2nc(-c3cccnc3)no2)n1. The second-order valence-electron chi connectivity index (χ2n) is 5.64. The minimum absolute atomic E-state index is 0.481. The molecule has 7 nitrogen and oxygen atoms in total. The van der Waals surface area contributed by atoms with Crippen LogP contribution in [0.3, 0.4) is 0 Å². The van der Waals surface area contributed by atoms with Crippen molar-refractivity contribution >= 4 is 5.82 Å². The molecular formula is C17H20N6O. The highest BCUT2D eigenvalue weighted by atomic mass is 16.5. The Morgan fingerprint density at radius 1 is 1.21 bits per heavy atom. The summed E-state index contributed by atoms with van der Waals surface area (Å²) < 4.78 is 5.35. The fraction of sp³-hybridized carbons (Fsp3) is 0.353. The molecule has 0 fully saturated rings. The quantitative estimate of drug-likeness (QED) is 0.689. The summed E-state index contributed by atoms with van der Waals surface area (Å²) >= 11 is 0. The van der Waals surface area contributed by atoms with Crippen molar-refractivity contribution in [3.05, 3.63) is 48.0 Å². The molecule has 0 saturated carbocycles. The predicted octanol–water partition coefficient (Wildman–Crippen LogP) is 2.82. The first-order valence-electron chi connectivity index (χ1n) is 7.94. The lowest BCUT2D eigenvalue weighted by atomic mass is 10.3. The fourth-order valence-corrected chi connectivity index (χ4v) is 2.36. The Morgan fingerprint density at radius 3 is 2.83 bits per heavy atom. The van der Waals surface area contributed by atoms with Crippen molar-refractivity contribution in [2.24, 2.45) is 0 Å². The number of nitrogens with zero attached hydrogens (tertiary/aromatic N) is 6. The summed E-state index contributed by atoms with van der Waals surface area (Å²) in [5, 5.41) is 4.01. The van der Waals surface area contributed by atoms with Gasteiger partial charge < -0.3 is 9.42 Å². The topological polar surface area (TPSA) is 80.8 Å². The van der Waals surface area contributed by atoms with Crippen LogP contribution < -0.4 is 4.90 Å². The average molecular weight is 324 g/mol. The fourth-order valence-electron chi connectivity index (χ4n) is 2.36. The lowest BCUT2D eigenvalue weighted by Gasteiger charge is -2.17. The number of hydrogen-bond acceptors (Lipinski definition) is 7. The lowest BCUT2D eigenvalue weighted by molar-refractivity contribution is 0.378. The number of hydrogen-bond donors (Lipinski definition) is 0. The van der Waals surface area contributed by atoms with Crippen molar-refractivity contribution < 1.29 is 4.52 Å². The van der Waals surface area contributed by atoms with E-state index in [1.54, 1.807) is 12.4 Å². The Labute approximate surface area is 140 Å². The van der Waals surface area contributed by atoms with E-state index in [1.807, 2.05) is 37.1 Å². The van der Waals surface area contributed by atoms with Crippen LogP contribution in [-0.2, 0) is 13.0 Å². The highest BCUT2D eigenvalue weighted by Gasteiger charge is 2.13. The van der Waals surface area contributed by atoms with Gasteiger partial charge in [0.2, 0.25) is 11.7 Å². The minimum Gasteiger partial charge on any atom is -0.350 e. The second-order valence-corrected chi connectivity index (χ2v) is 5.64. The molecule has 7 heteroatoms. The molecule has 0 aliphatic heterocycles. The van der Waals surface area contributed by atoms with Crippen molar-refractivity contribution in [3.63, 3.8) is 0 Å². The van der Waals surface area contributed by atoms with E-state index in [1.165, 1.54) is 0 Å². The number of anilines is 1. The predicted molar refractivity (Wildman–Crippen MR) is 90.4 cm³/mol. The van der Waals surface area contributed by atoms with Crippen molar-refractivity contribution in [3.8, 4) is 11.4 Å². The van der Waals surface area contributed by atoms with Crippen molar-refractivity contribution in [1.29, 1.82) is 0 Å². The van der Waals surface area contributed by atoms with E-state index in [0.29, 0.717) is 18.3 Å². The maximum absolute atomic E-state index is 5.35. The first-order chi connectivity index (χ1) is 11.7. The van der Waals surface area contributed by atoms with Gasteiger partial charge in [-0.05, 0) is 25.5 Å². The zero-order valence-corrected chi connectivity index (χ0v) is 14.1. The third-order valence-electron chi connectivity index (χ3n) is 3.51.